The van der Waals surface area contributed by atoms with Crippen molar-refractivity contribution >= 4 is 9.84 Å². The Morgan fingerprint density at radius 1 is 1.21 bits per heavy atom. The maximum atomic E-state index is 11.8. The summed E-state index contributed by atoms with van der Waals surface area (Å²) in [5, 5.41) is 3.17. The van der Waals surface area contributed by atoms with Crippen LogP contribution in [0.2, 0.25) is 0 Å². The van der Waals surface area contributed by atoms with Gasteiger partial charge in [0, 0.05) is 12.3 Å². The standard InChI is InChI=1S/C15H25NO2S/c1-4-10-19(17,18)11-9-14(12-16-3)15-8-6-5-7-13(15)2/h5-8,14,16H,4,9-12H2,1-3H3. The summed E-state index contributed by atoms with van der Waals surface area (Å²) in [6.07, 6.45) is 1.39. The molecule has 1 N–H and O–H groups in total. The molecule has 3 nitrogen and oxygen atoms in total. The third-order valence-electron chi connectivity index (χ3n) is 3.37. The van der Waals surface area contributed by atoms with Gasteiger partial charge in [-0.2, -0.15) is 0 Å². The summed E-state index contributed by atoms with van der Waals surface area (Å²) in [5.41, 5.74) is 2.49. The van der Waals surface area contributed by atoms with Crippen molar-refractivity contribution < 1.29 is 8.42 Å². The molecule has 0 saturated heterocycles. The second-order valence-corrected chi connectivity index (χ2v) is 7.36. The van der Waals surface area contributed by atoms with Gasteiger partial charge in [0.05, 0.1) is 5.75 Å². The molecule has 4 heteroatoms. The Bertz CT molecular complexity index is 483. The number of hydrogen-bond donors (Lipinski definition) is 1. The lowest BCUT2D eigenvalue weighted by Gasteiger charge is -2.19. The molecule has 0 spiro atoms. The molecule has 0 fully saturated rings. The SMILES string of the molecule is CCCS(=O)(=O)CCC(CNC)c1ccccc1C. The molecule has 0 amide bonds. The van der Waals surface area contributed by atoms with Gasteiger partial charge in [-0.25, -0.2) is 8.42 Å². The highest BCUT2D eigenvalue weighted by molar-refractivity contribution is 7.91. The van der Waals surface area contributed by atoms with E-state index in [2.05, 4.69) is 24.4 Å². The van der Waals surface area contributed by atoms with Crippen molar-refractivity contribution in [2.24, 2.45) is 0 Å². The first-order valence-corrected chi connectivity index (χ1v) is 8.73. The van der Waals surface area contributed by atoms with Gasteiger partial charge in [0.25, 0.3) is 0 Å². The molecule has 0 heterocycles. The van der Waals surface area contributed by atoms with E-state index in [4.69, 9.17) is 0 Å². The summed E-state index contributed by atoms with van der Waals surface area (Å²) < 4.78 is 23.7. The van der Waals surface area contributed by atoms with Crippen LogP contribution >= 0.6 is 0 Å². The number of rotatable bonds is 8. The lowest BCUT2D eigenvalue weighted by Crippen LogP contribution is -2.21. The fraction of sp³-hybridized carbons (Fsp3) is 0.600. The maximum absolute atomic E-state index is 11.8. The van der Waals surface area contributed by atoms with Crippen molar-refractivity contribution in [1.29, 1.82) is 0 Å². The molecule has 0 radical (unpaired) electrons. The number of sulfone groups is 1. The molecule has 0 aliphatic rings. The molecule has 0 aliphatic carbocycles. The quantitative estimate of drug-likeness (QED) is 0.797. The Labute approximate surface area is 117 Å². The average Bonchev–Trinajstić information content (AvgIpc) is 2.35. The van der Waals surface area contributed by atoms with Gasteiger partial charge in [0.2, 0.25) is 0 Å². The van der Waals surface area contributed by atoms with Crippen molar-refractivity contribution in [1.82, 2.24) is 5.32 Å². The summed E-state index contributed by atoms with van der Waals surface area (Å²) in [5.74, 6) is 0.840. The number of nitrogens with one attached hydrogen (secondary N) is 1. The minimum Gasteiger partial charge on any atom is -0.319 e. The van der Waals surface area contributed by atoms with E-state index in [0.717, 1.165) is 6.54 Å². The zero-order valence-electron chi connectivity index (χ0n) is 12.1. The van der Waals surface area contributed by atoms with E-state index in [1.54, 1.807) is 0 Å². The monoisotopic (exact) mass is 283 g/mol. The Morgan fingerprint density at radius 2 is 1.89 bits per heavy atom. The van der Waals surface area contributed by atoms with E-state index in [9.17, 15) is 8.42 Å². The lowest BCUT2D eigenvalue weighted by atomic mass is 9.92. The Kier molecular flexibility index (Phi) is 6.52. The van der Waals surface area contributed by atoms with Gasteiger partial charge in [0.15, 0.2) is 0 Å². The van der Waals surface area contributed by atoms with Gasteiger partial charge in [-0.15, -0.1) is 0 Å². The van der Waals surface area contributed by atoms with Gasteiger partial charge in [-0.3, -0.25) is 0 Å². The van der Waals surface area contributed by atoms with Crippen molar-refractivity contribution in [3.63, 3.8) is 0 Å². The van der Waals surface area contributed by atoms with E-state index in [-0.39, 0.29) is 11.7 Å². The van der Waals surface area contributed by atoms with Gasteiger partial charge < -0.3 is 5.32 Å². The number of aryl methyl sites for hydroxylation is 1. The first kappa shape index (κ1) is 16.2. The molecular formula is C15H25NO2S. The molecule has 1 aromatic carbocycles. The van der Waals surface area contributed by atoms with Crippen LogP contribution in [0.5, 0.6) is 0 Å². The third kappa shape index (κ3) is 5.33. The zero-order valence-corrected chi connectivity index (χ0v) is 13.0. The molecule has 1 unspecified atom stereocenters. The molecule has 0 saturated carbocycles. The number of likely N-dealkylation sites (N-methyl/N-ethyl adjacent to an activating group) is 1. The number of benzene rings is 1. The minimum absolute atomic E-state index is 0.262. The smallest absolute Gasteiger partial charge is 0.150 e. The zero-order chi connectivity index (χ0) is 14.3. The van der Waals surface area contributed by atoms with Gasteiger partial charge >= 0.3 is 0 Å². The van der Waals surface area contributed by atoms with Gasteiger partial charge in [-0.05, 0) is 43.9 Å². The number of hydrogen-bond acceptors (Lipinski definition) is 3. The molecule has 1 rings (SSSR count). The van der Waals surface area contributed by atoms with Crippen LogP contribution in [0.1, 0.15) is 36.8 Å². The van der Waals surface area contributed by atoms with Crippen LogP contribution in [0.3, 0.4) is 0 Å². The normalized spacial score (nSPS) is 13.4. The molecule has 0 bridgehead atoms. The molecular weight excluding hydrogens is 258 g/mol. The molecule has 108 valence electrons. The Morgan fingerprint density at radius 3 is 2.47 bits per heavy atom. The van der Waals surface area contributed by atoms with Crippen LogP contribution < -0.4 is 5.32 Å². The van der Waals surface area contributed by atoms with Crippen molar-refractivity contribution in [3.8, 4) is 0 Å². The van der Waals surface area contributed by atoms with Crippen LogP contribution in [0.25, 0.3) is 0 Å². The molecule has 0 aromatic heterocycles. The summed E-state index contributed by atoms with van der Waals surface area (Å²) in [6, 6.07) is 8.22. The highest BCUT2D eigenvalue weighted by Crippen LogP contribution is 2.23. The van der Waals surface area contributed by atoms with E-state index in [1.165, 1.54) is 11.1 Å². The van der Waals surface area contributed by atoms with Crippen LogP contribution in [0.15, 0.2) is 24.3 Å². The van der Waals surface area contributed by atoms with Gasteiger partial charge in [0.1, 0.15) is 9.84 Å². The first-order chi connectivity index (χ1) is 9.00. The van der Waals surface area contributed by atoms with Crippen molar-refractivity contribution in [2.75, 3.05) is 25.1 Å². The maximum Gasteiger partial charge on any atom is 0.150 e. The van der Waals surface area contributed by atoms with E-state index < -0.39 is 9.84 Å². The predicted octanol–water partition coefficient (Wildman–Crippen LogP) is 2.51. The van der Waals surface area contributed by atoms with E-state index >= 15 is 0 Å². The summed E-state index contributed by atoms with van der Waals surface area (Å²) in [7, 11) is -0.985. The van der Waals surface area contributed by atoms with Crippen LogP contribution in [-0.4, -0.2) is 33.5 Å². The van der Waals surface area contributed by atoms with Gasteiger partial charge in [-0.1, -0.05) is 31.2 Å². The highest BCUT2D eigenvalue weighted by Gasteiger charge is 2.17. The largest absolute Gasteiger partial charge is 0.319 e. The Hall–Kier alpha value is -0.870. The van der Waals surface area contributed by atoms with Crippen molar-refractivity contribution in [3.05, 3.63) is 35.4 Å². The second-order valence-electron chi connectivity index (χ2n) is 5.05. The summed E-state index contributed by atoms with van der Waals surface area (Å²) >= 11 is 0. The minimum atomic E-state index is -2.89. The van der Waals surface area contributed by atoms with E-state index in [1.807, 2.05) is 26.1 Å². The van der Waals surface area contributed by atoms with E-state index in [0.29, 0.717) is 18.6 Å². The topological polar surface area (TPSA) is 46.2 Å². The van der Waals surface area contributed by atoms with Crippen LogP contribution in [-0.2, 0) is 9.84 Å². The lowest BCUT2D eigenvalue weighted by molar-refractivity contribution is 0.572. The fourth-order valence-corrected chi connectivity index (χ4v) is 3.86. The van der Waals surface area contributed by atoms with Crippen molar-refractivity contribution in [2.45, 2.75) is 32.6 Å². The summed E-state index contributed by atoms with van der Waals surface area (Å²) in [6.45, 7) is 4.80. The Balaban J connectivity index is 2.77. The molecule has 0 aliphatic heterocycles. The first-order valence-electron chi connectivity index (χ1n) is 6.90. The molecule has 19 heavy (non-hydrogen) atoms. The predicted molar refractivity (Wildman–Crippen MR) is 81.4 cm³/mol. The molecule has 1 aromatic rings. The third-order valence-corrected chi connectivity index (χ3v) is 5.26. The highest BCUT2D eigenvalue weighted by atomic mass is 32.2. The summed E-state index contributed by atoms with van der Waals surface area (Å²) in [4.78, 5) is 0. The van der Waals surface area contributed by atoms with Crippen LogP contribution in [0, 0.1) is 6.92 Å². The van der Waals surface area contributed by atoms with Crippen LogP contribution in [0.4, 0.5) is 0 Å². The molecule has 1 atom stereocenters. The average molecular weight is 283 g/mol. The second kappa shape index (κ2) is 7.65. The fourth-order valence-electron chi connectivity index (χ4n) is 2.39.